The first-order chi connectivity index (χ1) is 2.77. The molecule has 3 nitrogen and oxygen atoms in total. The summed E-state index contributed by atoms with van der Waals surface area (Å²) >= 11 is 0. The normalized spacial score (nSPS) is 43.0. The summed E-state index contributed by atoms with van der Waals surface area (Å²) in [7, 11) is 1.52. The number of ether oxygens (including phenoxy) is 2. The molecular formula is C3H7NO2. The highest BCUT2D eigenvalue weighted by Crippen LogP contribution is 2.18. The summed E-state index contributed by atoms with van der Waals surface area (Å²) in [6.45, 7) is 0.531. The maximum Gasteiger partial charge on any atom is 0.249 e. The van der Waals surface area contributed by atoms with Gasteiger partial charge in [0.2, 0.25) is 5.91 Å². The molecule has 0 radical (unpaired) electrons. The van der Waals surface area contributed by atoms with Crippen LogP contribution in [0.25, 0.3) is 0 Å². The molecule has 3 heteroatoms. The Bertz CT molecular complexity index is 59.8. The van der Waals surface area contributed by atoms with Crippen molar-refractivity contribution in [1.82, 2.24) is 0 Å². The van der Waals surface area contributed by atoms with E-state index >= 15 is 0 Å². The quantitative estimate of drug-likeness (QED) is 0.340. The van der Waals surface area contributed by atoms with Crippen molar-refractivity contribution in [1.29, 1.82) is 0 Å². The van der Waals surface area contributed by atoms with Crippen LogP contribution < -0.4 is 5.73 Å². The van der Waals surface area contributed by atoms with Gasteiger partial charge in [-0.1, -0.05) is 0 Å². The van der Waals surface area contributed by atoms with Crippen LogP contribution in [0, 0.1) is 0 Å². The predicted octanol–water partition coefficient (Wildman–Crippen LogP) is -0.725. The van der Waals surface area contributed by atoms with Gasteiger partial charge in [0.1, 0.15) is 6.61 Å². The lowest BCUT2D eigenvalue weighted by molar-refractivity contribution is -0.00421. The Morgan fingerprint density at radius 2 is 2.50 bits per heavy atom. The second kappa shape index (κ2) is 0.932. The van der Waals surface area contributed by atoms with Gasteiger partial charge >= 0.3 is 0 Å². The first kappa shape index (κ1) is 4.05. The van der Waals surface area contributed by atoms with E-state index in [1.165, 1.54) is 7.11 Å². The van der Waals surface area contributed by atoms with Gasteiger partial charge in [0.05, 0.1) is 0 Å². The Morgan fingerprint density at radius 3 is 2.50 bits per heavy atom. The van der Waals surface area contributed by atoms with E-state index in [0.717, 1.165) is 0 Å². The fourth-order valence-electron chi connectivity index (χ4n) is 0.189. The fraction of sp³-hybridized carbons (Fsp3) is 1.00. The van der Waals surface area contributed by atoms with Crippen LogP contribution in [-0.4, -0.2) is 19.6 Å². The lowest BCUT2D eigenvalue weighted by Gasteiger charge is -1.96. The SMILES string of the molecule is CO[C@@]1(N)CO1. The Balaban J connectivity index is 2.28. The van der Waals surface area contributed by atoms with Crippen molar-refractivity contribution in [3.8, 4) is 0 Å². The monoisotopic (exact) mass is 89.0 g/mol. The highest BCUT2D eigenvalue weighted by Gasteiger charge is 2.40. The van der Waals surface area contributed by atoms with Crippen LogP contribution in [0.3, 0.4) is 0 Å². The second-order valence-corrected chi connectivity index (χ2v) is 1.30. The first-order valence-electron chi connectivity index (χ1n) is 1.75. The third-order valence-electron chi connectivity index (χ3n) is 0.774. The molecule has 0 aromatic heterocycles. The van der Waals surface area contributed by atoms with Crippen LogP contribution in [-0.2, 0) is 9.47 Å². The maximum absolute atomic E-state index is 5.20. The summed E-state index contributed by atoms with van der Waals surface area (Å²) in [5.74, 6) is -0.708. The van der Waals surface area contributed by atoms with Crippen molar-refractivity contribution in [2.24, 2.45) is 5.73 Å². The standard InChI is InChI=1S/C3H7NO2/c1-5-3(4)2-6-3/h2,4H2,1H3/t3-/m0/s1. The largest absolute Gasteiger partial charge is 0.339 e. The molecule has 1 atom stereocenters. The molecule has 0 aromatic rings. The zero-order valence-electron chi connectivity index (χ0n) is 3.60. The Hall–Kier alpha value is -0.120. The summed E-state index contributed by atoms with van der Waals surface area (Å²) in [6.07, 6.45) is 0. The second-order valence-electron chi connectivity index (χ2n) is 1.30. The van der Waals surface area contributed by atoms with Crippen molar-refractivity contribution >= 4 is 0 Å². The minimum atomic E-state index is -0.708. The Morgan fingerprint density at radius 1 is 2.00 bits per heavy atom. The molecule has 0 aliphatic carbocycles. The Kier molecular flexibility index (Phi) is 0.629. The molecule has 1 aliphatic heterocycles. The number of methoxy groups -OCH3 is 1. The van der Waals surface area contributed by atoms with Gasteiger partial charge in [0, 0.05) is 7.11 Å². The van der Waals surface area contributed by atoms with Crippen LogP contribution in [0.2, 0.25) is 0 Å². The number of epoxide rings is 1. The van der Waals surface area contributed by atoms with E-state index in [4.69, 9.17) is 5.73 Å². The minimum absolute atomic E-state index is 0.531. The van der Waals surface area contributed by atoms with Gasteiger partial charge in [0.15, 0.2) is 0 Å². The molecule has 0 spiro atoms. The highest BCUT2D eigenvalue weighted by molar-refractivity contribution is 4.71. The van der Waals surface area contributed by atoms with E-state index in [1.807, 2.05) is 0 Å². The maximum atomic E-state index is 5.20. The van der Waals surface area contributed by atoms with Crippen molar-refractivity contribution < 1.29 is 9.47 Å². The summed E-state index contributed by atoms with van der Waals surface area (Å²) in [4.78, 5) is 0. The molecule has 2 N–H and O–H groups in total. The molecule has 1 saturated heterocycles. The summed E-state index contributed by atoms with van der Waals surface area (Å²) in [5, 5.41) is 0. The molecule has 0 unspecified atom stereocenters. The molecule has 0 bridgehead atoms. The van der Waals surface area contributed by atoms with Crippen LogP contribution in [0.5, 0.6) is 0 Å². The van der Waals surface area contributed by atoms with Gasteiger partial charge < -0.3 is 9.47 Å². The Labute approximate surface area is 36.0 Å². The molecule has 1 heterocycles. The molecule has 0 aromatic carbocycles. The molecule has 0 amide bonds. The van der Waals surface area contributed by atoms with Crippen molar-refractivity contribution in [3.05, 3.63) is 0 Å². The van der Waals surface area contributed by atoms with Gasteiger partial charge in [-0.2, -0.15) is 0 Å². The molecule has 36 valence electrons. The van der Waals surface area contributed by atoms with Crippen molar-refractivity contribution in [2.75, 3.05) is 13.7 Å². The van der Waals surface area contributed by atoms with Crippen LogP contribution in [0.4, 0.5) is 0 Å². The van der Waals surface area contributed by atoms with Gasteiger partial charge in [0.25, 0.3) is 0 Å². The average molecular weight is 89.1 g/mol. The van der Waals surface area contributed by atoms with Crippen molar-refractivity contribution in [3.63, 3.8) is 0 Å². The van der Waals surface area contributed by atoms with E-state index in [1.54, 1.807) is 0 Å². The number of hydrogen-bond donors (Lipinski definition) is 1. The van der Waals surface area contributed by atoms with E-state index in [-0.39, 0.29) is 0 Å². The lowest BCUT2D eigenvalue weighted by Crippen LogP contribution is -2.25. The fourth-order valence-corrected chi connectivity index (χ4v) is 0.189. The highest BCUT2D eigenvalue weighted by atomic mass is 16.8. The predicted molar refractivity (Wildman–Crippen MR) is 19.9 cm³/mol. The van der Waals surface area contributed by atoms with Crippen LogP contribution in [0.1, 0.15) is 0 Å². The van der Waals surface area contributed by atoms with Gasteiger partial charge in [-0.15, -0.1) is 0 Å². The molecule has 1 rings (SSSR count). The number of nitrogens with two attached hydrogens (primary N) is 1. The van der Waals surface area contributed by atoms with E-state index in [2.05, 4.69) is 9.47 Å². The number of rotatable bonds is 1. The average Bonchev–Trinajstić information content (AvgIpc) is 2.22. The van der Waals surface area contributed by atoms with Crippen LogP contribution in [0.15, 0.2) is 0 Å². The first-order valence-corrected chi connectivity index (χ1v) is 1.75. The topological polar surface area (TPSA) is 47.8 Å². The molecule has 1 fully saturated rings. The lowest BCUT2D eigenvalue weighted by atomic mass is 10.7. The van der Waals surface area contributed by atoms with Crippen LogP contribution >= 0.6 is 0 Å². The molecule has 1 aliphatic rings. The third kappa shape index (κ3) is 0.518. The van der Waals surface area contributed by atoms with Crippen molar-refractivity contribution in [2.45, 2.75) is 5.91 Å². The van der Waals surface area contributed by atoms with Gasteiger partial charge in [-0.25, -0.2) is 0 Å². The molecule has 0 saturated carbocycles. The van der Waals surface area contributed by atoms with E-state index < -0.39 is 5.91 Å². The van der Waals surface area contributed by atoms with E-state index in [9.17, 15) is 0 Å². The zero-order valence-corrected chi connectivity index (χ0v) is 3.60. The van der Waals surface area contributed by atoms with Gasteiger partial charge in [-0.3, -0.25) is 5.73 Å². The zero-order chi connectivity index (χ0) is 4.62. The number of hydrogen-bond acceptors (Lipinski definition) is 3. The minimum Gasteiger partial charge on any atom is -0.339 e. The molecule has 6 heavy (non-hydrogen) atoms. The smallest absolute Gasteiger partial charge is 0.249 e. The summed E-state index contributed by atoms with van der Waals surface area (Å²) in [5.41, 5.74) is 5.20. The molecular weight excluding hydrogens is 82.0 g/mol. The summed E-state index contributed by atoms with van der Waals surface area (Å²) in [6, 6.07) is 0. The third-order valence-corrected chi connectivity index (χ3v) is 0.774. The van der Waals surface area contributed by atoms with Gasteiger partial charge in [-0.05, 0) is 0 Å². The van der Waals surface area contributed by atoms with E-state index in [0.29, 0.717) is 6.61 Å². The summed E-state index contributed by atoms with van der Waals surface area (Å²) < 4.78 is 9.20.